The van der Waals surface area contributed by atoms with Crippen LogP contribution in [0, 0.1) is 0 Å². The molecule has 0 aliphatic carbocycles. The van der Waals surface area contributed by atoms with Crippen molar-refractivity contribution in [3.8, 4) is 0 Å². The van der Waals surface area contributed by atoms with Gasteiger partial charge in [0.25, 0.3) is 0 Å². The fraction of sp³-hybridized carbons (Fsp3) is 0.800. The van der Waals surface area contributed by atoms with Crippen LogP contribution in [0.1, 0.15) is 19.8 Å². The van der Waals surface area contributed by atoms with E-state index in [9.17, 15) is 4.79 Å². The van der Waals surface area contributed by atoms with Gasteiger partial charge in [-0.2, -0.15) is 0 Å². The Kier molecular flexibility index (Phi) is 5.03. The van der Waals surface area contributed by atoms with Crippen molar-refractivity contribution in [2.75, 3.05) is 0 Å². The van der Waals surface area contributed by atoms with Gasteiger partial charge in [-0.15, -0.1) is 3.45 Å². The largest absolute Gasteiger partial charge is 0.480 e. The number of halogens is 2. The third kappa shape index (κ3) is 3.39. The maximum atomic E-state index is 10.4. The summed E-state index contributed by atoms with van der Waals surface area (Å²) in [5, 5.41) is 8.52. The molecule has 5 heteroatoms. The second-order valence-corrected chi connectivity index (χ2v) is 3.44. The molecular formula is C5H9BrClNO2. The molecule has 1 N–H and O–H groups in total. The van der Waals surface area contributed by atoms with Crippen molar-refractivity contribution in [3.63, 3.8) is 0 Å². The van der Waals surface area contributed by atoms with Gasteiger partial charge in [0, 0.05) is 16.1 Å². The zero-order valence-electron chi connectivity index (χ0n) is 5.55. The van der Waals surface area contributed by atoms with Gasteiger partial charge in [-0.25, -0.2) is 0 Å². The standard InChI is InChI=1S/C5H9BrClNO2/c1-2-3-4(5(9)10)8(6)7/h4H,2-3H2,1H3,(H,9,10). The molecule has 3 nitrogen and oxygen atoms in total. The van der Waals surface area contributed by atoms with E-state index in [0.717, 1.165) is 9.87 Å². The van der Waals surface area contributed by atoms with Gasteiger partial charge < -0.3 is 5.11 Å². The Bertz CT molecular complexity index is 120. The van der Waals surface area contributed by atoms with Crippen LogP contribution in [-0.2, 0) is 4.79 Å². The van der Waals surface area contributed by atoms with E-state index in [2.05, 4.69) is 16.1 Å². The van der Waals surface area contributed by atoms with Crippen LogP contribution in [0.15, 0.2) is 0 Å². The molecule has 0 aliphatic rings. The van der Waals surface area contributed by atoms with Gasteiger partial charge in [0.05, 0.1) is 0 Å². The quantitative estimate of drug-likeness (QED) is 0.751. The average molecular weight is 230 g/mol. The van der Waals surface area contributed by atoms with Gasteiger partial charge in [-0.3, -0.25) is 4.79 Å². The van der Waals surface area contributed by atoms with Crippen molar-refractivity contribution < 1.29 is 9.90 Å². The van der Waals surface area contributed by atoms with Gasteiger partial charge in [-0.05, 0) is 18.2 Å². The first-order valence-electron chi connectivity index (χ1n) is 2.93. The molecule has 1 unspecified atom stereocenters. The number of carboxylic acid groups (broad SMARTS) is 1. The fourth-order valence-corrected chi connectivity index (χ4v) is 1.14. The zero-order valence-corrected chi connectivity index (χ0v) is 7.89. The summed E-state index contributed by atoms with van der Waals surface area (Å²) in [4.78, 5) is 10.4. The maximum absolute atomic E-state index is 10.4. The van der Waals surface area contributed by atoms with E-state index in [4.69, 9.17) is 16.9 Å². The Morgan fingerprint density at radius 2 is 2.40 bits per heavy atom. The molecule has 1 atom stereocenters. The van der Waals surface area contributed by atoms with Gasteiger partial charge in [0.1, 0.15) is 6.04 Å². The Hall–Kier alpha value is 0.200. The van der Waals surface area contributed by atoms with Crippen molar-refractivity contribution in [1.29, 1.82) is 0 Å². The highest BCUT2D eigenvalue weighted by atomic mass is 79.9. The lowest BCUT2D eigenvalue weighted by Crippen LogP contribution is -2.28. The van der Waals surface area contributed by atoms with Gasteiger partial charge in [0.15, 0.2) is 0 Å². The topological polar surface area (TPSA) is 40.5 Å². The minimum Gasteiger partial charge on any atom is -0.480 e. The first kappa shape index (κ1) is 10.2. The molecule has 0 saturated carbocycles. The third-order valence-corrected chi connectivity index (χ3v) is 1.81. The second kappa shape index (κ2) is 4.93. The van der Waals surface area contributed by atoms with Crippen molar-refractivity contribution in [3.05, 3.63) is 0 Å². The Morgan fingerprint density at radius 1 is 1.90 bits per heavy atom. The molecule has 10 heavy (non-hydrogen) atoms. The summed E-state index contributed by atoms with van der Waals surface area (Å²) in [5.41, 5.74) is 0. The van der Waals surface area contributed by atoms with E-state index in [1.807, 2.05) is 6.92 Å². The SMILES string of the molecule is CCCC(C(=O)O)N(Cl)Br. The van der Waals surface area contributed by atoms with E-state index >= 15 is 0 Å². The van der Waals surface area contributed by atoms with Crippen LogP contribution >= 0.6 is 27.9 Å². The molecular weight excluding hydrogens is 221 g/mol. The highest BCUT2D eigenvalue weighted by molar-refractivity contribution is 9.08. The molecule has 0 fully saturated rings. The number of carboxylic acids is 1. The molecule has 0 saturated heterocycles. The summed E-state index contributed by atoms with van der Waals surface area (Å²) in [6.45, 7) is 1.91. The molecule has 0 bridgehead atoms. The Labute approximate surface area is 73.4 Å². The van der Waals surface area contributed by atoms with Crippen LogP contribution in [0.3, 0.4) is 0 Å². The molecule has 0 aromatic carbocycles. The third-order valence-electron chi connectivity index (χ3n) is 1.08. The van der Waals surface area contributed by atoms with Crippen LogP contribution in [0.2, 0.25) is 0 Å². The van der Waals surface area contributed by atoms with Crippen molar-refractivity contribution in [1.82, 2.24) is 3.45 Å². The molecule has 0 spiro atoms. The lowest BCUT2D eigenvalue weighted by Gasteiger charge is -2.13. The number of rotatable bonds is 4. The molecule has 0 aromatic rings. The molecule has 0 rings (SSSR count). The van der Waals surface area contributed by atoms with Crippen LogP contribution in [0.5, 0.6) is 0 Å². The predicted octanol–water partition coefficient (Wildman–Crippen LogP) is 2.01. The number of hydrogen-bond acceptors (Lipinski definition) is 2. The second-order valence-electron chi connectivity index (χ2n) is 1.90. The minimum atomic E-state index is -0.909. The molecule has 0 amide bonds. The van der Waals surface area contributed by atoms with Crippen molar-refractivity contribution in [2.45, 2.75) is 25.8 Å². The smallest absolute Gasteiger partial charge is 0.323 e. The van der Waals surface area contributed by atoms with Gasteiger partial charge in [-0.1, -0.05) is 13.3 Å². The summed E-state index contributed by atoms with van der Waals surface area (Å²) >= 11 is 8.25. The summed E-state index contributed by atoms with van der Waals surface area (Å²) in [5.74, 6) is -0.909. The summed E-state index contributed by atoms with van der Waals surface area (Å²) in [6.07, 6.45) is 1.34. The number of hydrogen-bond donors (Lipinski definition) is 1. The van der Waals surface area contributed by atoms with Crippen LogP contribution in [0.25, 0.3) is 0 Å². The number of carbonyl (C=O) groups is 1. The molecule has 0 aromatic heterocycles. The fourth-order valence-electron chi connectivity index (χ4n) is 0.578. The molecule has 60 valence electrons. The van der Waals surface area contributed by atoms with Gasteiger partial charge in [0.2, 0.25) is 0 Å². The predicted molar refractivity (Wildman–Crippen MR) is 43.0 cm³/mol. The van der Waals surface area contributed by atoms with Gasteiger partial charge >= 0.3 is 5.97 Å². The van der Waals surface area contributed by atoms with Crippen molar-refractivity contribution >= 4 is 33.9 Å². The molecule has 0 heterocycles. The highest BCUT2D eigenvalue weighted by Crippen LogP contribution is 2.14. The lowest BCUT2D eigenvalue weighted by atomic mass is 10.2. The zero-order chi connectivity index (χ0) is 8.15. The summed E-state index contributed by atoms with van der Waals surface area (Å²) in [7, 11) is 0. The van der Waals surface area contributed by atoms with Crippen LogP contribution in [-0.4, -0.2) is 20.6 Å². The summed E-state index contributed by atoms with van der Waals surface area (Å²) < 4.78 is 1.01. The van der Waals surface area contributed by atoms with E-state index < -0.39 is 12.0 Å². The number of aliphatic carboxylic acids is 1. The Balaban J connectivity index is 3.85. The number of nitrogens with zero attached hydrogens (tertiary/aromatic N) is 1. The molecule has 0 radical (unpaired) electrons. The maximum Gasteiger partial charge on any atom is 0.323 e. The summed E-state index contributed by atoms with van der Waals surface area (Å²) in [6, 6.07) is -0.633. The van der Waals surface area contributed by atoms with Crippen LogP contribution in [0.4, 0.5) is 0 Å². The van der Waals surface area contributed by atoms with E-state index in [0.29, 0.717) is 6.42 Å². The van der Waals surface area contributed by atoms with E-state index in [1.54, 1.807) is 0 Å². The normalized spacial score (nSPS) is 13.6. The lowest BCUT2D eigenvalue weighted by molar-refractivity contribution is -0.140. The molecule has 0 aliphatic heterocycles. The first-order chi connectivity index (χ1) is 4.59. The highest BCUT2D eigenvalue weighted by Gasteiger charge is 2.21. The monoisotopic (exact) mass is 229 g/mol. The van der Waals surface area contributed by atoms with Crippen molar-refractivity contribution in [2.24, 2.45) is 0 Å². The Morgan fingerprint density at radius 3 is 2.50 bits per heavy atom. The van der Waals surface area contributed by atoms with Crippen LogP contribution < -0.4 is 0 Å². The van der Waals surface area contributed by atoms with E-state index in [-0.39, 0.29) is 0 Å². The first-order valence-corrected chi connectivity index (χ1v) is 3.98. The minimum absolute atomic E-state index is 0.546. The van der Waals surface area contributed by atoms with E-state index in [1.165, 1.54) is 0 Å². The average Bonchev–Trinajstić information content (AvgIpc) is 1.81.